The summed E-state index contributed by atoms with van der Waals surface area (Å²) in [6.07, 6.45) is 3.42. The number of methoxy groups -OCH3 is 4. The summed E-state index contributed by atoms with van der Waals surface area (Å²) in [6, 6.07) is 10.7. The number of ether oxygens (including phenoxy) is 4. The first-order valence-electron chi connectivity index (χ1n) is 14.6. The van der Waals surface area contributed by atoms with Gasteiger partial charge in [-0.1, -0.05) is 58.2 Å². The van der Waals surface area contributed by atoms with Crippen LogP contribution in [-0.4, -0.2) is 52.3 Å². The maximum absolute atomic E-state index is 13.3. The van der Waals surface area contributed by atoms with E-state index in [1.54, 1.807) is 64.8 Å². The van der Waals surface area contributed by atoms with E-state index >= 15 is 0 Å². The number of Topliss-reactive ketones (excluding diaryl/α,β-unsaturated/α-hetero) is 2. The standard InChI is InChI=1S/C34H50O7P/c1-23(17-33(3,4)19-25(35)31-27(38-7)13-11-14-28(31)39-8)21-42(37)22-24(2)18-34(5,6)20-26(36)32-29(40-9)15-12-16-30(32)41-10/h11-16,23-24H,17-22H2,1-10H3/q+1. The van der Waals surface area contributed by atoms with Crippen LogP contribution in [-0.2, 0) is 4.57 Å². The molecule has 0 aromatic heterocycles. The van der Waals surface area contributed by atoms with Gasteiger partial charge in [0, 0.05) is 24.7 Å². The van der Waals surface area contributed by atoms with Crippen LogP contribution >= 0.6 is 7.80 Å². The normalized spacial score (nSPS) is 13.6. The lowest BCUT2D eigenvalue weighted by Gasteiger charge is -2.27. The number of hydrogen-bond donors (Lipinski definition) is 0. The van der Waals surface area contributed by atoms with Crippen molar-refractivity contribution in [3.05, 3.63) is 47.5 Å². The van der Waals surface area contributed by atoms with Crippen molar-refractivity contribution in [2.24, 2.45) is 22.7 Å². The molecule has 0 radical (unpaired) electrons. The minimum atomic E-state index is -1.42. The van der Waals surface area contributed by atoms with E-state index in [2.05, 4.69) is 41.5 Å². The molecule has 2 rings (SSSR count). The second kappa shape index (κ2) is 15.5. The Morgan fingerprint density at radius 2 is 0.929 bits per heavy atom. The van der Waals surface area contributed by atoms with E-state index in [9.17, 15) is 14.2 Å². The monoisotopic (exact) mass is 601 g/mol. The van der Waals surface area contributed by atoms with Gasteiger partial charge in [0.1, 0.15) is 46.4 Å². The van der Waals surface area contributed by atoms with Crippen LogP contribution in [0.1, 0.15) is 87.9 Å². The molecule has 2 aromatic carbocycles. The van der Waals surface area contributed by atoms with Crippen molar-refractivity contribution in [3.63, 3.8) is 0 Å². The number of ketones is 2. The van der Waals surface area contributed by atoms with Crippen LogP contribution in [0.3, 0.4) is 0 Å². The third-order valence-electron chi connectivity index (χ3n) is 7.52. The average molecular weight is 602 g/mol. The summed E-state index contributed by atoms with van der Waals surface area (Å²) in [5, 5.41) is 0. The van der Waals surface area contributed by atoms with E-state index in [1.807, 2.05) is 0 Å². The molecule has 0 fully saturated rings. The summed E-state index contributed by atoms with van der Waals surface area (Å²) in [5.41, 5.74) is 0.361. The maximum Gasteiger partial charge on any atom is 0.339 e. The van der Waals surface area contributed by atoms with Crippen LogP contribution in [0.5, 0.6) is 23.0 Å². The molecule has 0 heterocycles. The first-order chi connectivity index (χ1) is 19.7. The SMILES string of the molecule is COc1cccc(OC)c1C(=O)CC(C)(C)CC(C)C[P+](=O)CC(C)CC(C)(C)CC(=O)c1c(OC)cccc1OC. The topological polar surface area (TPSA) is 88.1 Å². The van der Waals surface area contributed by atoms with E-state index in [4.69, 9.17) is 18.9 Å². The Bertz CT molecular complexity index is 1100. The van der Waals surface area contributed by atoms with Crippen molar-refractivity contribution in [1.29, 1.82) is 0 Å². The summed E-state index contributed by atoms with van der Waals surface area (Å²) < 4.78 is 34.9. The van der Waals surface area contributed by atoms with Gasteiger partial charge in [-0.15, -0.1) is 0 Å². The molecule has 8 heteroatoms. The van der Waals surface area contributed by atoms with Crippen molar-refractivity contribution in [2.75, 3.05) is 40.8 Å². The summed E-state index contributed by atoms with van der Waals surface area (Å²) in [4.78, 5) is 26.6. The Hall–Kier alpha value is -2.92. The Kier molecular flexibility index (Phi) is 13.0. The fraction of sp³-hybridized carbons (Fsp3) is 0.588. The molecule has 2 unspecified atom stereocenters. The van der Waals surface area contributed by atoms with E-state index in [0.29, 0.717) is 59.3 Å². The number of hydrogen-bond acceptors (Lipinski definition) is 7. The summed E-state index contributed by atoms with van der Waals surface area (Å²) in [5.74, 6) is 2.35. The highest BCUT2D eigenvalue weighted by Gasteiger charge is 2.34. The summed E-state index contributed by atoms with van der Waals surface area (Å²) in [6.45, 7) is 12.5. The molecule has 0 aliphatic carbocycles. The Morgan fingerprint density at radius 1 is 0.643 bits per heavy atom. The zero-order valence-corrected chi connectivity index (χ0v) is 28.1. The summed E-state index contributed by atoms with van der Waals surface area (Å²) >= 11 is 0. The maximum atomic E-state index is 13.3. The zero-order valence-electron chi connectivity index (χ0n) is 27.2. The fourth-order valence-corrected chi connectivity index (χ4v) is 8.03. The third-order valence-corrected chi connectivity index (χ3v) is 9.59. The molecule has 232 valence electrons. The van der Waals surface area contributed by atoms with Crippen LogP contribution in [0.2, 0.25) is 0 Å². The van der Waals surface area contributed by atoms with Crippen molar-refractivity contribution < 1.29 is 33.1 Å². The molecule has 0 saturated carbocycles. The Labute approximate surface area is 253 Å². The molecule has 0 amide bonds. The molecule has 7 nitrogen and oxygen atoms in total. The van der Waals surface area contributed by atoms with Crippen molar-refractivity contribution in [1.82, 2.24) is 0 Å². The molecule has 0 aliphatic rings. The third kappa shape index (κ3) is 10.1. The molecular formula is C34H50O7P+. The number of carbonyl (C=O) groups excluding carboxylic acids is 2. The second-order valence-electron chi connectivity index (χ2n) is 13.1. The molecule has 42 heavy (non-hydrogen) atoms. The number of benzene rings is 2. The minimum absolute atomic E-state index is 0.0259. The quantitative estimate of drug-likeness (QED) is 0.125. The number of carbonyl (C=O) groups is 2. The highest BCUT2D eigenvalue weighted by molar-refractivity contribution is 7.44. The predicted octanol–water partition coefficient (Wildman–Crippen LogP) is 8.50. The van der Waals surface area contributed by atoms with Crippen molar-refractivity contribution >= 4 is 19.4 Å². The van der Waals surface area contributed by atoms with Crippen molar-refractivity contribution in [2.45, 2.75) is 67.2 Å². The van der Waals surface area contributed by atoms with Crippen molar-refractivity contribution in [3.8, 4) is 23.0 Å². The van der Waals surface area contributed by atoms with Crippen LogP contribution in [0.25, 0.3) is 0 Å². The fourth-order valence-electron chi connectivity index (χ4n) is 6.23. The largest absolute Gasteiger partial charge is 0.496 e. The molecule has 0 bridgehead atoms. The van der Waals surface area contributed by atoms with Gasteiger partial charge in [0.2, 0.25) is 0 Å². The zero-order chi connectivity index (χ0) is 31.7. The molecule has 0 aliphatic heterocycles. The van der Waals surface area contributed by atoms with Gasteiger partial charge in [-0.2, -0.15) is 0 Å². The van der Waals surface area contributed by atoms with Gasteiger partial charge in [0.25, 0.3) is 0 Å². The molecule has 0 spiro atoms. The smallest absolute Gasteiger partial charge is 0.339 e. The molecule has 0 saturated heterocycles. The second-order valence-corrected chi connectivity index (χ2v) is 14.8. The summed E-state index contributed by atoms with van der Waals surface area (Å²) in [7, 11) is 4.77. The molecule has 2 atom stereocenters. The first kappa shape index (κ1) is 35.3. The van der Waals surface area contributed by atoms with Crippen LogP contribution in [0.4, 0.5) is 0 Å². The minimum Gasteiger partial charge on any atom is -0.496 e. The van der Waals surface area contributed by atoms with Gasteiger partial charge >= 0.3 is 7.80 Å². The predicted molar refractivity (Wildman–Crippen MR) is 169 cm³/mol. The van der Waals surface area contributed by atoms with Gasteiger partial charge < -0.3 is 18.9 Å². The van der Waals surface area contributed by atoms with E-state index < -0.39 is 7.80 Å². The molecule has 2 aromatic rings. The lowest BCUT2D eigenvalue weighted by Crippen LogP contribution is -2.23. The van der Waals surface area contributed by atoms with E-state index in [-0.39, 0.29) is 34.2 Å². The highest BCUT2D eigenvalue weighted by Crippen LogP contribution is 2.41. The van der Waals surface area contributed by atoms with Gasteiger partial charge in [-0.25, -0.2) is 0 Å². The number of rotatable bonds is 18. The van der Waals surface area contributed by atoms with Gasteiger partial charge in [-0.3, -0.25) is 9.59 Å². The van der Waals surface area contributed by atoms with E-state index in [0.717, 1.165) is 12.8 Å². The van der Waals surface area contributed by atoms with Gasteiger partial charge in [0.05, 0.1) is 28.4 Å². The Balaban J connectivity index is 1.94. The van der Waals surface area contributed by atoms with Crippen LogP contribution < -0.4 is 18.9 Å². The lowest BCUT2D eigenvalue weighted by molar-refractivity contribution is 0.0902. The average Bonchev–Trinajstić information content (AvgIpc) is 2.89. The highest BCUT2D eigenvalue weighted by atomic mass is 31.1. The van der Waals surface area contributed by atoms with Gasteiger partial charge in [0.15, 0.2) is 11.6 Å². The Morgan fingerprint density at radius 3 is 1.19 bits per heavy atom. The van der Waals surface area contributed by atoms with Crippen LogP contribution in [0.15, 0.2) is 36.4 Å². The first-order valence-corrected chi connectivity index (χ1v) is 16.2. The van der Waals surface area contributed by atoms with Gasteiger partial charge in [-0.05, 0) is 47.9 Å². The molecular weight excluding hydrogens is 551 g/mol. The van der Waals surface area contributed by atoms with E-state index in [1.165, 1.54) is 0 Å². The lowest BCUT2D eigenvalue weighted by atomic mass is 9.78. The molecule has 0 N–H and O–H groups in total. The van der Waals surface area contributed by atoms with Crippen LogP contribution in [0, 0.1) is 22.7 Å².